The van der Waals surface area contributed by atoms with Crippen molar-refractivity contribution in [1.29, 1.82) is 5.26 Å². The van der Waals surface area contributed by atoms with Crippen molar-refractivity contribution in [2.45, 2.75) is 24.4 Å². The van der Waals surface area contributed by atoms with Crippen LogP contribution in [0.2, 0.25) is 10.0 Å². The van der Waals surface area contributed by atoms with Crippen molar-refractivity contribution < 1.29 is 13.2 Å². The van der Waals surface area contributed by atoms with E-state index in [0.717, 1.165) is 5.56 Å². The van der Waals surface area contributed by atoms with Crippen molar-refractivity contribution in [2.24, 2.45) is 0 Å². The molecule has 0 spiro atoms. The highest BCUT2D eigenvalue weighted by molar-refractivity contribution is 6.36. The molecule has 0 bridgehead atoms. The molecule has 1 aliphatic rings. The molecule has 8 nitrogen and oxygen atoms in total. The van der Waals surface area contributed by atoms with Gasteiger partial charge in [0.25, 0.3) is 5.92 Å². The van der Waals surface area contributed by atoms with Gasteiger partial charge in [0, 0.05) is 35.9 Å². The molecule has 3 heterocycles. The number of aromatic nitrogens is 4. The number of benzene rings is 3. The first kappa shape index (κ1) is 29.7. The van der Waals surface area contributed by atoms with Gasteiger partial charge in [0.1, 0.15) is 17.6 Å². The van der Waals surface area contributed by atoms with Gasteiger partial charge >= 0.3 is 0 Å². The first-order chi connectivity index (χ1) is 21.1. The molecule has 2 atom stereocenters. The molecule has 0 amide bonds. The van der Waals surface area contributed by atoms with Crippen LogP contribution in [0.3, 0.4) is 0 Å². The summed E-state index contributed by atoms with van der Waals surface area (Å²) in [5, 5.41) is 25.9. The maximum absolute atomic E-state index is 14.4. The van der Waals surface area contributed by atoms with Gasteiger partial charge in [0.2, 0.25) is 0 Å². The molecule has 2 aromatic heterocycles. The number of nitrogens with zero attached hydrogens (tertiary/aromatic N) is 6. The quantitative estimate of drug-likeness (QED) is 0.190. The number of anilines is 3. The van der Waals surface area contributed by atoms with Crippen molar-refractivity contribution in [2.75, 3.05) is 30.8 Å². The van der Waals surface area contributed by atoms with Gasteiger partial charge in [-0.3, -0.25) is 9.88 Å². The van der Waals surface area contributed by atoms with E-state index >= 15 is 0 Å². The van der Waals surface area contributed by atoms with Crippen LogP contribution in [0.4, 0.5) is 30.2 Å². The number of alkyl halides is 2. The number of hydrogen-bond donors (Lipinski definition) is 2. The molecule has 0 aliphatic carbocycles. The lowest BCUT2D eigenvalue weighted by atomic mass is 10.0. The number of hydrogen-bond acceptors (Lipinski definition) is 7. The van der Waals surface area contributed by atoms with Gasteiger partial charge in [-0.05, 0) is 42.9 Å². The average molecular weight is 637 g/mol. The Labute approximate surface area is 261 Å². The maximum atomic E-state index is 14.4. The molecular weight excluding hydrogens is 612 g/mol. The fraction of sp³-hybridized carbons (Fsp3) is 0.226. The van der Waals surface area contributed by atoms with Crippen LogP contribution < -0.4 is 10.6 Å². The number of nitrogens with one attached hydrogen (secondary N) is 2. The molecule has 1 unspecified atom stereocenters. The normalized spacial score (nSPS) is 17.2. The van der Waals surface area contributed by atoms with Crippen LogP contribution in [0.15, 0.2) is 73.1 Å². The van der Waals surface area contributed by atoms with E-state index in [1.54, 1.807) is 30.3 Å². The van der Waals surface area contributed by atoms with E-state index in [4.69, 9.17) is 23.2 Å². The van der Waals surface area contributed by atoms with Crippen molar-refractivity contribution >= 4 is 51.2 Å². The topological polar surface area (TPSA) is 94.7 Å². The second kappa shape index (κ2) is 12.0. The maximum Gasteiger partial charge on any atom is 0.262 e. The van der Waals surface area contributed by atoms with E-state index in [9.17, 15) is 18.4 Å². The SMILES string of the molecule is CN1CC(n2cc([C@@H](Nc3cc(Cl)c4ncc(C#N)c(Nc5ccc(F)c(Cl)c5)c4c3)c3ccccc3)nn2)CC(F)(F)C1. The van der Waals surface area contributed by atoms with Gasteiger partial charge in [-0.15, -0.1) is 5.10 Å². The molecule has 3 aromatic carbocycles. The summed E-state index contributed by atoms with van der Waals surface area (Å²) in [5.74, 6) is -3.40. The molecule has 1 saturated heterocycles. The molecule has 0 radical (unpaired) electrons. The number of rotatable bonds is 7. The Morgan fingerprint density at radius 1 is 1.07 bits per heavy atom. The van der Waals surface area contributed by atoms with Crippen molar-refractivity contribution in [3.8, 4) is 6.07 Å². The molecular formula is C31H25Cl2F3N8. The first-order valence-corrected chi connectivity index (χ1v) is 14.4. The Hall–Kier alpha value is -4.37. The molecule has 5 aromatic rings. The van der Waals surface area contributed by atoms with E-state index in [1.165, 1.54) is 29.1 Å². The zero-order valence-corrected chi connectivity index (χ0v) is 24.8. The summed E-state index contributed by atoms with van der Waals surface area (Å²) in [5.41, 5.74) is 3.51. The Bertz CT molecular complexity index is 1880. The Morgan fingerprint density at radius 3 is 2.57 bits per heavy atom. The van der Waals surface area contributed by atoms with Gasteiger partial charge in [-0.25, -0.2) is 17.9 Å². The van der Waals surface area contributed by atoms with Crippen LogP contribution >= 0.6 is 23.2 Å². The molecule has 13 heteroatoms. The molecule has 224 valence electrons. The molecule has 1 aliphatic heterocycles. The van der Waals surface area contributed by atoms with Gasteiger partial charge in [-0.2, -0.15) is 5.26 Å². The summed E-state index contributed by atoms with van der Waals surface area (Å²) in [6.45, 7) is 0.126. The smallest absolute Gasteiger partial charge is 0.262 e. The van der Waals surface area contributed by atoms with E-state index in [2.05, 4.69) is 32.0 Å². The minimum absolute atomic E-state index is 0.0744. The summed E-state index contributed by atoms with van der Waals surface area (Å²) in [7, 11) is 1.66. The number of fused-ring (bicyclic) bond motifs is 1. The summed E-state index contributed by atoms with van der Waals surface area (Å²) >= 11 is 12.7. The molecule has 2 N–H and O–H groups in total. The zero-order chi connectivity index (χ0) is 31.0. The largest absolute Gasteiger partial charge is 0.373 e. The van der Waals surface area contributed by atoms with Gasteiger partial charge < -0.3 is 10.6 Å². The van der Waals surface area contributed by atoms with E-state index < -0.39 is 23.8 Å². The average Bonchev–Trinajstić information content (AvgIpc) is 3.48. The van der Waals surface area contributed by atoms with E-state index in [1.807, 2.05) is 30.3 Å². The molecule has 0 saturated carbocycles. The monoisotopic (exact) mass is 636 g/mol. The number of halogens is 5. The Morgan fingerprint density at radius 2 is 1.84 bits per heavy atom. The summed E-state index contributed by atoms with van der Waals surface area (Å²) in [6, 6.07) is 18.2. The highest BCUT2D eigenvalue weighted by Crippen LogP contribution is 2.38. The third kappa shape index (κ3) is 6.15. The predicted octanol–water partition coefficient (Wildman–Crippen LogP) is 7.60. The second-order valence-corrected chi connectivity index (χ2v) is 11.6. The first-order valence-electron chi connectivity index (χ1n) is 13.6. The standard InChI is InChI=1S/C31H25Cl2F3N8/c1-43-15-22(12-31(35,36)17-43)44-16-27(41-42-44)29(18-5-3-2-4-6-18)40-21-9-23-28(39-20-7-8-26(34)24(32)10-20)19(13-37)14-38-30(23)25(33)11-21/h2-11,14,16,22,29,40H,12,15,17H2,1H3,(H,38,39)/t22?,29-/m0/s1. The van der Waals surface area contributed by atoms with E-state index in [-0.39, 0.29) is 23.6 Å². The van der Waals surface area contributed by atoms with Crippen molar-refractivity contribution in [1.82, 2.24) is 24.9 Å². The van der Waals surface area contributed by atoms with Crippen LogP contribution in [0, 0.1) is 17.1 Å². The zero-order valence-electron chi connectivity index (χ0n) is 23.3. The lowest BCUT2D eigenvalue weighted by Gasteiger charge is -2.35. The lowest BCUT2D eigenvalue weighted by molar-refractivity contribution is -0.0763. The molecule has 6 rings (SSSR count). The van der Waals surface area contributed by atoms with Crippen LogP contribution in [0.1, 0.15) is 35.3 Å². The third-order valence-electron chi connectivity index (χ3n) is 7.43. The number of pyridine rings is 1. The lowest BCUT2D eigenvalue weighted by Crippen LogP contribution is -2.45. The number of likely N-dealkylation sites (tertiary alicyclic amines) is 1. The van der Waals surface area contributed by atoms with Crippen molar-refractivity contribution in [3.05, 3.63) is 106 Å². The third-order valence-corrected chi connectivity index (χ3v) is 8.01. The molecule has 44 heavy (non-hydrogen) atoms. The number of nitriles is 1. The van der Waals surface area contributed by atoms with E-state index in [0.29, 0.717) is 45.2 Å². The molecule has 1 fully saturated rings. The van der Waals surface area contributed by atoms with Crippen LogP contribution in [0.5, 0.6) is 0 Å². The number of likely N-dealkylation sites (N-methyl/N-ethyl adjacent to an activating group) is 1. The van der Waals surface area contributed by atoms with Crippen LogP contribution in [-0.4, -0.2) is 50.9 Å². The fourth-order valence-electron chi connectivity index (χ4n) is 5.49. The van der Waals surface area contributed by atoms with Gasteiger partial charge in [0.05, 0.1) is 51.6 Å². The summed E-state index contributed by atoms with van der Waals surface area (Å²) in [6.07, 6.45) is 2.77. The summed E-state index contributed by atoms with van der Waals surface area (Å²) < 4.78 is 44.0. The van der Waals surface area contributed by atoms with Crippen LogP contribution in [0.25, 0.3) is 10.9 Å². The Balaban J connectivity index is 1.39. The summed E-state index contributed by atoms with van der Waals surface area (Å²) in [4.78, 5) is 5.99. The Kier molecular flexibility index (Phi) is 8.07. The van der Waals surface area contributed by atoms with Gasteiger partial charge in [-0.1, -0.05) is 58.7 Å². The van der Waals surface area contributed by atoms with Crippen molar-refractivity contribution in [3.63, 3.8) is 0 Å². The number of piperidine rings is 1. The minimum Gasteiger partial charge on any atom is -0.373 e. The highest BCUT2D eigenvalue weighted by atomic mass is 35.5. The van der Waals surface area contributed by atoms with Crippen LogP contribution in [-0.2, 0) is 0 Å². The predicted molar refractivity (Wildman–Crippen MR) is 164 cm³/mol. The highest BCUT2D eigenvalue weighted by Gasteiger charge is 2.40. The minimum atomic E-state index is -2.83. The second-order valence-electron chi connectivity index (χ2n) is 10.8. The van der Waals surface area contributed by atoms with Gasteiger partial charge in [0.15, 0.2) is 0 Å². The fourth-order valence-corrected chi connectivity index (χ4v) is 5.94.